The molecule has 1 amide bonds. The first-order valence-electron chi connectivity index (χ1n) is 9.01. The van der Waals surface area contributed by atoms with E-state index in [1.807, 2.05) is 30.3 Å². The lowest BCUT2D eigenvalue weighted by molar-refractivity contribution is 0.0746. The maximum absolute atomic E-state index is 13.5. The number of benzene rings is 2. The number of hydrogen-bond donors (Lipinski definition) is 1. The van der Waals surface area contributed by atoms with Gasteiger partial charge in [0.1, 0.15) is 6.61 Å². The van der Waals surface area contributed by atoms with Crippen LogP contribution in [0.1, 0.15) is 16.2 Å². The molecule has 3 aromatic rings. The number of ether oxygens (including phenoxy) is 2. The van der Waals surface area contributed by atoms with E-state index >= 15 is 0 Å². The third kappa shape index (κ3) is 5.19. The third-order valence-corrected chi connectivity index (χ3v) is 4.19. The number of nitrogens with one attached hydrogen (secondary N) is 1. The largest absolute Gasteiger partial charge is 0.508 e. The number of hydrogen-bond acceptors (Lipinski definition) is 5. The molecule has 0 bridgehead atoms. The average molecular weight is 415 g/mol. The topological polar surface area (TPSA) is 84.5 Å². The predicted molar refractivity (Wildman–Crippen MR) is 105 cm³/mol. The molecule has 0 saturated heterocycles. The normalized spacial score (nSPS) is 11.0. The summed E-state index contributed by atoms with van der Waals surface area (Å²) in [5.74, 6) is -2.55. The van der Waals surface area contributed by atoms with E-state index in [-0.39, 0.29) is 36.6 Å². The highest BCUT2D eigenvalue weighted by Crippen LogP contribution is 2.18. The number of methoxy groups -OCH3 is 1. The van der Waals surface area contributed by atoms with Crippen LogP contribution in [0, 0.1) is 11.6 Å². The van der Waals surface area contributed by atoms with Gasteiger partial charge in [0, 0.05) is 25.2 Å². The Labute approximate surface area is 170 Å². The number of carbonyl (C=O) groups is 2. The number of halogens is 2. The quantitative estimate of drug-likeness (QED) is 0.468. The van der Waals surface area contributed by atoms with Crippen molar-refractivity contribution in [1.29, 1.82) is 0 Å². The van der Waals surface area contributed by atoms with Crippen LogP contribution in [0.15, 0.2) is 54.6 Å². The maximum atomic E-state index is 13.5. The molecule has 0 saturated carbocycles. The Balaban J connectivity index is 1.78. The van der Waals surface area contributed by atoms with E-state index in [2.05, 4.69) is 14.7 Å². The van der Waals surface area contributed by atoms with Crippen molar-refractivity contribution < 1.29 is 27.8 Å². The van der Waals surface area contributed by atoms with E-state index < -0.39 is 23.7 Å². The molecule has 1 heterocycles. The molecule has 1 N–H and O–H groups in total. The zero-order valence-electron chi connectivity index (χ0n) is 16.1. The van der Waals surface area contributed by atoms with Gasteiger partial charge in [0.05, 0.1) is 18.1 Å². The fourth-order valence-corrected chi connectivity index (χ4v) is 2.72. The van der Waals surface area contributed by atoms with Crippen LogP contribution in [0.2, 0.25) is 0 Å². The lowest BCUT2D eigenvalue weighted by Crippen LogP contribution is -2.31. The van der Waals surface area contributed by atoms with E-state index in [9.17, 15) is 18.4 Å². The van der Waals surface area contributed by atoms with Gasteiger partial charge in [0.25, 0.3) is 5.91 Å². The number of carbonyl (C=O) groups excluding carboxylic acids is 2. The van der Waals surface area contributed by atoms with Gasteiger partial charge < -0.3 is 19.4 Å². The van der Waals surface area contributed by atoms with Gasteiger partial charge in [-0.2, -0.15) is 0 Å². The van der Waals surface area contributed by atoms with Gasteiger partial charge in [-0.3, -0.25) is 4.79 Å². The number of amides is 1. The number of aromatic nitrogens is 2. The molecule has 0 aliphatic rings. The lowest BCUT2D eigenvalue weighted by atomic mass is 10.2. The summed E-state index contributed by atoms with van der Waals surface area (Å²) in [6, 6.07) is 11.2. The Bertz CT molecular complexity index is 1030. The molecule has 156 valence electrons. The van der Waals surface area contributed by atoms with Gasteiger partial charge in [-0.1, -0.05) is 36.4 Å². The molecule has 2 aromatic carbocycles. The van der Waals surface area contributed by atoms with Gasteiger partial charge in [-0.15, -0.1) is 0 Å². The Morgan fingerprint density at radius 3 is 2.60 bits per heavy atom. The average Bonchev–Trinajstić information content (AvgIpc) is 3.15. The molecule has 1 aromatic heterocycles. The van der Waals surface area contributed by atoms with E-state index in [4.69, 9.17) is 4.74 Å². The molecule has 0 fully saturated rings. The molecule has 0 atom stereocenters. The van der Waals surface area contributed by atoms with Crippen LogP contribution in [0.5, 0.6) is 0 Å². The highest BCUT2D eigenvalue weighted by atomic mass is 19.2. The van der Waals surface area contributed by atoms with Crippen LogP contribution in [0.3, 0.4) is 0 Å². The summed E-state index contributed by atoms with van der Waals surface area (Å²) in [7, 11) is 1.21. The molecule has 0 radical (unpaired) electrons. The van der Waals surface area contributed by atoms with Gasteiger partial charge in [-0.05, 0) is 11.6 Å². The number of aromatic amines is 1. The summed E-state index contributed by atoms with van der Waals surface area (Å²) in [4.78, 5) is 32.3. The zero-order chi connectivity index (χ0) is 21.5. The summed E-state index contributed by atoms with van der Waals surface area (Å²) in [6.45, 7) is 0.461. The third-order valence-electron chi connectivity index (χ3n) is 4.19. The lowest BCUT2D eigenvalue weighted by Gasteiger charge is -2.20. The van der Waals surface area contributed by atoms with Gasteiger partial charge in [-0.25, -0.2) is 18.6 Å². The summed E-state index contributed by atoms with van der Waals surface area (Å²) in [5, 5.41) is 0. The number of imidazole rings is 1. The number of fused-ring (bicyclic) bond motifs is 1. The van der Waals surface area contributed by atoms with Gasteiger partial charge in [0.2, 0.25) is 0 Å². The maximum Gasteiger partial charge on any atom is 0.508 e. The standard InChI is InChI=1S/C21H19F2N3O4/c1-29-21(28)30-10-6-5-9-26(13-14-7-3-2-4-8-14)20(27)19-24-17-11-15(22)16(23)12-18(17)25-19/h2-8,11-12H,9-10,13H2,1H3,(H,24,25)/b6-5+. The van der Waals surface area contributed by atoms with E-state index in [1.54, 1.807) is 12.2 Å². The van der Waals surface area contributed by atoms with Crippen molar-refractivity contribution in [2.45, 2.75) is 6.54 Å². The number of rotatable bonds is 7. The summed E-state index contributed by atoms with van der Waals surface area (Å²) >= 11 is 0. The molecule has 0 aliphatic carbocycles. The van der Waals surface area contributed by atoms with Crippen LogP contribution in [0.25, 0.3) is 11.0 Å². The van der Waals surface area contributed by atoms with Gasteiger partial charge >= 0.3 is 6.16 Å². The van der Waals surface area contributed by atoms with Crippen LogP contribution >= 0.6 is 0 Å². The minimum absolute atomic E-state index is 0.0107. The molecular weight excluding hydrogens is 396 g/mol. The second-order valence-corrected chi connectivity index (χ2v) is 6.28. The SMILES string of the molecule is COC(=O)OC/C=C/CN(Cc1ccccc1)C(=O)c1nc2cc(F)c(F)cc2[nH]1. The Kier molecular flexibility index (Phi) is 6.74. The highest BCUT2D eigenvalue weighted by molar-refractivity contribution is 5.94. The molecule has 7 nitrogen and oxygen atoms in total. The van der Waals surface area contributed by atoms with Crippen molar-refractivity contribution in [2.24, 2.45) is 0 Å². The van der Waals surface area contributed by atoms with Crippen molar-refractivity contribution in [3.05, 3.63) is 77.6 Å². The van der Waals surface area contributed by atoms with Crippen molar-refractivity contribution in [3.8, 4) is 0 Å². The minimum atomic E-state index is -1.04. The summed E-state index contributed by atoms with van der Waals surface area (Å²) < 4.78 is 36.0. The van der Waals surface area contributed by atoms with Crippen LogP contribution in [-0.4, -0.2) is 47.2 Å². The van der Waals surface area contributed by atoms with Crippen LogP contribution in [-0.2, 0) is 16.0 Å². The molecule has 0 aliphatic heterocycles. The summed E-state index contributed by atoms with van der Waals surface area (Å²) in [5.41, 5.74) is 1.26. The number of nitrogens with zero attached hydrogens (tertiary/aromatic N) is 2. The van der Waals surface area contributed by atoms with Crippen molar-refractivity contribution in [1.82, 2.24) is 14.9 Å². The van der Waals surface area contributed by atoms with Crippen LogP contribution in [0.4, 0.5) is 13.6 Å². The number of H-pyrrole nitrogens is 1. The Morgan fingerprint density at radius 1 is 1.13 bits per heavy atom. The second kappa shape index (κ2) is 9.64. The van der Waals surface area contributed by atoms with E-state index in [0.29, 0.717) is 0 Å². The molecular formula is C21H19F2N3O4. The Morgan fingerprint density at radius 2 is 1.87 bits per heavy atom. The van der Waals surface area contributed by atoms with Crippen LogP contribution < -0.4 is 0 Å². The first-order chi connectivity index (χ1) is 14.5. The van der Waals surface area contributed by atoms with Crippen molar-refractivity contribution in [3.63, 3.8) is 0 Å². The van der Waals surface area contributed by atoms with E-state index in [1.165, 1.54) is 12.0 Å². The Hall–Kier alpha value is -3.75. The first-order valence-corrected chi connectivity index (χ1v) is 9.01. The summed E-state index contributed by atoms with van der Waals surface area (Å²) in [6.07, 6.45) is 2.43. The first kappa shape index (κ1) is 21.0. The second-order valence-electron chi connectivity index (χ2n) is 6.28. The zero-order valence-corrected chi connectivity index (χ0v) is 16.1. The molecule has 0 spiro atoms. The van der Waals surface area contributed by atoms with Gasteiger partial charge in [0.15, 0.2) is 17.5 Å². The molecule has 0 unspecified atom stereocenters. The minimum Gasteiger partial charge on any atom is -0.438 e. The van der Waals surface area contributed by atoms with Crippen molar-refractivity contribution in [2.75, 3.05) is 20.3 Å². The molecule has 30 heavy (non-hydrogen) atoms. The highest BCUT2D eigenvalue weighted by Gasteiger charge is 2.20. The molecule has 3 rings (SSSR count). The fraction of sp³-hybridized carbons (Fsp3) is 0.190. The van der Waals surface area contributed by atoms with Crippen molar-refractivity contribution >= 4 is 23.1 Å². The monoisotopic (exact) mass is 415 g/mol. The van der Waals surface area contributed by atoms with E-state index in [0.717, 1.165) is 17.7 Å². The molecule has 9 heteroatoms. The fourth-order valence-electron chi connectivity index (χ4n) is 2.72. The smallest absolute Gasteiger partial charge is 0.438 e. The predicted octanol–water partition coefficient (Wildman–Crippen LogP) is 3.82.